The zero-order valence-corrected chi connectivity index (χ0v) is 14.6. The molecule has 24 heavy (non-hydrogen) atoms. The number of aromatic nitrogens is 3. The fourth-order valence-electron chi connectivity index (χ4n) is 4.05. The Morgan fingerprint density at radius 2 is 2.21 bits per heavy atom. The predicted molar refractivity (Wildman–Crippen MR) is 88.3 cm³/mol. The Morgan fingerprint density at radius 1 is 1.46 bits per heavy atom. The van der Waals surface area contributed by atoms with E-state index in [1.807, 2.05) is 11.8 Å². The topological polar surface area (TPSA) is 91.3 Å². The minimum Gasteiger partial charge on any atom is -0.389 e. The molecule has 3 heterocycles. The number of hydrogen-bond acceptors (Lipinski definition) is 5. The number of carbonyl (C=O) groups is 1. The first-order chi connectivity index (χ1) is 11.5. The number of aryl methyl sites for hydroxylation is 2. The Labute approximate surface area is 142 Å². The van der Waals surface area contributed by atoms with Gasteiger partial charge in [-0.15, -0.1) is 0 Å². The summed E-state index contributed by atoms with van der Waals surface area (Å²) in [6, 6.07) is 0. The molecule has 2 saturated heterocycles. The molecule has 1 aromatic heterocycles. The van der Waals surface area contributed by atoms with E-state index in [1.165, 1.54) is 0 Å². The summed E-state index contributed by atoms with van der Waals surface area (Å²) in [5, 5.41) is 18.0. The summed E-state index contributed by atoms with van der Waals surface area (Å²) in [6.07, 6.45) is 3.46. The zero-order valence-electron chi connectivity index (χ0n) is 14.6. The van der Waals surface area contributed by atoms with Crippen LogP contribution in [-0.2, 0) is 16.0 Å². The maximum atomic E-state index is 12.5. The van der Waals surface area contributed by atoms with E-state index in [0.29, 0.717) is 38.2 Å². The molecule has 2 unspecified atom stereocenters. The minimum atomic E-state index is -0.665. The van der Waals surface area contributed by atoms with E-state index in [4.69, 9.17) is 4.74 Å². The number of rotatable bonds is 4. The number of nitrogens with zero attached hydrogens (tertiary/aromatic N) is 3. The number of carbonyl (C=O) groups excluding carboxylic acids is 1. The molecule has 2 aliphatic rings. The fraction of sp³-hybridized carbons (Fsp3) is 0.824. The number of hydrogen-bond donors (Lipinski definition) is 2. The van der Waals surface area contributed by atoms with E-state index >= 15 is 0 Å². The molecular weight excluding hydrogens is 308 g/mol. The molecule has 1 aromatic rings. The number of aliphatic hydroxyl groups is 1. The Morgan fingerprint density at radius 3 is 2.83 bits per heavy atom. The van der Waals surface area contributed by atoms with Crippen molar-refractivity contribution < 1.29 is 14.6 Å². The highest BCUT2D eigenvalue weighted by atomic mass is 16.5. The highest BCUT2D eigenvalue weighted by Gasteiger charge is 2.45. The van der Waals surface area contributed by atoms with Crippen LogP contribution in [0.1, 0.15) is 44.3 Å². The first kappa shape index (κ1) is 17.4. The monoisotopic (exact) mass is 336 g/mol. The van der Waals surface area contributed by atoms with Crippen molar-refractivity contribution in [2.45, 2.75) is 51.6 Å². The smallest absolute Gasteiger partial charge is 0.223 e. The number of aromatic amines is 1. The van der Waals surface area contributed by atoms with Gasteiger partial charge in [-0.1, -0.05) is 6.92 Å². The van der Waals surface area contributed by atoms with Crippen molar-refractivity contribution in [2.75, 3.05) is 26.3 Å². The maximum absolute atomic E-state index is 12.5. The average Bonchev–Trinajstić information content (AvgIpc) is 3.01. The lowest BCUT2D eigenvalue weighted by atomic mass is 9.70. The highest BCUT2D eigenvalue weighted by Crippen LogP contribution is 2.39. The first-order valence-corrected chi connectivity index (χ1v) is 8.95. The lowest BCUT2D eigenvalue weighted by Crippen LogP contribution is -2.56. The third kappa shape index (κ3) is 3.62. The van der Waals surface area contributed by atoms with Gasteiger partial charge in [0.2, 0.25) is 5.91 Å². The van der Waals surface area contributed by atoms with Gasteiger partial charge in [-0.2, -0.15) is 5.10 Å². The van der Waals surface area contributed by atoms with Crippen molar-refractivity contribution in [3.63, 3.8) is 0 Å². The molecule has 0 bridgehead atoms. The van der Waals surface area contributed by atoms with Crippen LogP contribution in [0.5, 0.6) is 0 Å². The maximum Gasteiger partial charge on any atom is 0.223 e. The lowest BCUT2D eigenvalue weighted by molar-refractivity contribution is -0.151. The molecule has 7 nitrogen and oxygen atoms in total. The SMILES string of the molecule is Cc1nc(CCC(=O)N2CCC(O)(C3CCOCC3)C(C)C2)n[nH]1. The molecule has 0 spiro atoms. The van der Waals surface area contributed by atoms with Crippen molar-refractivity contribution in [2.24, 2.45) is 11.8 Å². The second kappa shape index (κ2) is 7.19. The van der Waals surface area contributed by atoms with Crippen LogP contribution >= 0.6 is 0 Å². The zero-order chi connectivity index (χ0) is 17.2. The van der Waals surface area contributed by atoms with Gasteiger partial charge in [-0.05, 0) is 32.1 Å². The molecule has 2 aliphatic heterocycles. The second-order valence-electron chi connectivity index (χ2n) is 7.21. The van der Waals surface area contributed by atoms with Gasteiger partial charge < -0.3 is 14.7 Å². The number of nitrogens with one attached hydrogen (secondary N) is 1. The Hall–Kier alpha value is -1.47. The third-order valence-electron chi connectivity index (χ3n) is 5.62. The summed E-state index contributed by atoms with van der Waals surface area (Å²) in [6.45, 7) is 6.63. The van der Waals surface area contributed by atoms with Gasteiger partial charge in [-0.3, -0.25) is 9.89 Å². The van der Waals surface area contributed by atoms with Crippen molar-refractivity contribution in [3.05, 3.63) is 11.6 Å². The highest BCUT2D eigenvalue weighted by molar-refractivity contribution is 5.76. The summed E-state index contributed by atoms with van der Waals surface area (Å²) in [4.78, 5) is 18.6. The number of piperidine rings is 1. The molecule has 7 heteroatoms. The van der Waals surface area contributed by atoms with Crippen LogP contribution < -0.4 is 0 Å². The van der Waals surface area contributed by atoms with Crippen LogP contribution in [0, 0.1) is 18.8 Å². The molecule has 2 N–H and O–H groups in total. The summed E-state index contributed by atoms with van der Waals surface area (Å²) in [7, 11) is 0. The molecule has 134 valence electrons. The number of H-pyrrole nitrogens is 1. The van der Waals surface area contributed by atoms with Crippen molar-refractivity contribution in [1.29, 1.82) is 0 Å². The van der Waals surface area contributed by atoms with Crippen LogP contribution in [0.4, 0.5) is 0 Å². The lowest BCUT2D eigenvalue weighted by Gasteiger charge is -2.48. The van der Waals surface area contributed by atoms with Gasteiger partial charge in [0.1, 0.15) is 5.82 Å². The van der Waals surface area contributed by atoms with E-state index in [2.05, 4.69) is 22.1 Å². The number of amides is 1. The van der Waals surface area contributed by atoms with Gasteiger partial charge in [0, 0.05) is 45.1 Å². The van der Waals surface area contributed by atoms with Crippen molar-refractivity contribution >= 4 is 5.91 Å². The molecule has 0 radical (unpaired) electrons. The molecule has 0 aromatic carbocycles. The predicted octanol–water partition coefficient (Wildman–Crippen LogP) is 1.07. The van der Waals surface area contributed by atoms with Crippen LogP contribution in [-0.4, -0.2) is 63.0 Å². The van der Waals surface area contributed by atoms with Crippen molar-refractivity contribution in [1.82, 2.24) is 20.1 Å². The van der Waals surface area contributed by atoms with E-state index in [9.17, 15) is 9.90 Å². The molecule has 1 amide bonds. The normalized spacial score (nSPS) is 29.0. The minimum absolute atomic E-state index is 0.0871. The Kier molecular flexibility index (Phi) is 5.20. The largest absolute Gasteiger partial charge is 0.389 e. The number of likely N-dealkylation sites (tertiary alicyclic amines) is 1. The number of ether oxygens (including phenoxy) is 1. The third-order valence-corrected chi connectivity index (χ3v) is 5.62. The molecule has 0 aliphatic carbocycles. The standard InChI is InChI=1S/C17H28N4O3/c1-12-11-21(16(22)4-3-15-18-13(2)19-20-15)8-7-17(12,23)14-5-9-24-10-6-14/h12,14,23H,3-11H2,1-2H3,(H,18,19,20). The van der Waals surface area contributed by atoms with Crippen LogP contribution in [0.15, 0.2) is 0 Å². The van der Waals surface area contributed by atoms with Crippen molar-refractivity contribution in [3.8, 4) is 0 Å². The van der Waals surface area contributed by atoms with Gasteiger partial charge in [0.25, 0.3) is 0 Å². The quantitative estimate of drug-likeness (QED) is 0.858. The van der Waals surface area contributed by atoms with E-state index in [1.54, 1.807) is 0 Å². The van der Waals surface area contributed by atoms with E-state index in [0.717, 1.165) is 31.9 Å². The van der Waals surface area contributed by atoms with Gasteiger partial charge in [0.05, 0.1) is 5.60 Å². The summed E-state index contributed by atoms with van der Waals surface area (Å²) < 4.78 is 5.42. The average molecular weight is 336 g/mol. The summed E-state index contributed by atoms with van der Waals surface area (Å²) in [5.74, 6) is 1.95. The molecule has 2 atom stereocenters. The summed E-state index contributed by atoms with van der Waals surface area (Å²) in [5.41, 5.74) is -0.665. The molecule has 0 saturated carbocycles. The van der Waals surface area contributed by atoms with Crippen LogP contribution in [0.25, 0.3) is 0 Å². The molecular formula is C17H28N4O3. The van der Waals surface area contributed by atoms with Gasteiger partial charge in [0.15, 0.2) is 5.82 Å². The molecule has 3 rings (SSSR count). The molecule has 2 fully saturated rings. The fourth-order valence-corrected chi connectivity index (χ4v) is 4.05. The Bertz CT molecular complexity index is 570. The summed E-state index contributed by atoms with van der Waals surface area (Å²) >= 11 is 0. The van der Waals surface area contributed by atoms with Gasteiger partial charge in [-0.25, -0.2) is 4.98 Å². The second-order valence-corrected chi connectivity index (χ2v) is 7.21. The van der Waals surface area contributed by atoms with E-state index in [-0.39, 0.29) is 17.7 Å². The van der Waals surface area contributed by atoms with Crippen LogP contribution in [0.2, 0.25) is 0 Å². The first-order valence-electron chi connectivity index (χ1n) is 8.95. The van der Waals surface area contributed by atoms with E-state index < -0.39 is 5.60 Å². The van der Waals surface area contributed by atoms with Crippen LogP contribution in [0.3, 0.4) is 0 Å². The Balaban J connectivity index is 1.53. The van der Waals surface area contributed by atoms with Gasteiger partial charge >= 0.3 is 0 Å².